The smallest absolute Gasteiger partial charge is 0.263 e. The third-order valence-electron chi connectivity index (χ3n) is 6.47. The van der Waals surface area contributed by atoms with Gasteiger partial charge in [-0.15, -0.1) is 0 Å². The van der Waals surface area contributed by atoms with E-state index in [9.17, 15) is 19.2 Å². The molecule has 0 atom stereocenters. The molecule has 6 rings (SSSR count). The fourth-order valence-electron chi connectivity index (χ4n) is 4.47. The zero-order valence-corrected chi connectivity index (χ0v) is 20.5. The molecular formula is C33H18N2O4. The molecule has 4 amide bonds. The Bertz CT molecular complexity index is 1680. The molecule has 0 N–H and O–H groups in total. The molecule has 0 fully saturated rings. The highest BCUT2D eigenvalue weighted by atomic mass is 16.2. The van der Waals surface area contributed by atoms with Gasteiger partial charge in [-0.1, -0.05) is 60.1 Å². The first-order valence-electron chi connectivity index (χ1n) is 12.1. The van der Waals surface area contributed by atoms with Crippen LogP contribution < -0.4 is 0 Å². The fourth-order valence-corrected chi connectivity index (χ4v) is 4.47. The largest absolute Gasteiger partial charge is 0.269 e. The highest BCUT2D eigenvalue weighted by Crippen LogP contribution is 2.28. The summed E-state index contributed by atoms with van der Waals surface area (Å²) in [4.78, 5) is 54.3. The van der Waals surface area contributed by atoms with Gasteiger partial charge in [0, 0.05) is 22.3 Å². The molecule has 2 aliphatic rings. The summed E-state index contributed by atoms with van der Waals surface area (Å²) in [6, 6.07) is 28.4. The van der Waals surface area contributed by atoms with Crippen LogP contribution in [0.4, 0.5) is 0 Å². The van der Waals surface area contributed by atoms with Crippen molar-refractivity contribution in [3.05, 3.63) is 142 Å². The molecule has 6 nitrogen and oxygen atoms in total. The van der Waals surface area contributed by atoms with Gasteiger partial charge >= 0.3 is 0 Å². The summed E-state index contributed by atoms with van der Waals surface area (Å²) in [5.74, 6) is 9.77. The van der Waals surface area contributed by atoms with Crippen LogP contribution in [0.5, 0.6) is 0 Å². The zero-order chi connectivity index (χ0) is 26.9. The van der Waals surface area contributed by atoms with Crippen LogP contribution in [-0.4, -0.2) is 40.1 Å². The van der Waals surface area contributed by atoms with Gasteiger partial charge in [0.2, 0.25) is 0 Å². The Morgan fingerprint density at radius 2 is 0.769 bits per heavy atom. The Kier molecular flexibility index (Phi) is 5.84. The van der Waals surface area contributed by atoms with E-state index in [1.165, 1.54) is 0 Å². The number of carbonyl (C=O) groups excluding carboxylic acids is 4. The van der Waals surface area contributed by atoms with Crippen molar-refractivity contribution < 1.29 is 19.2 Å². The van der Waals surface area contributed by atoms with Crippen molar-refractivity contribution in [1.29, 1.82) is 0 Å². The number of hydrogen-bond donors (Lipinski definition) is 0. The van der Waals surface area contributed by atoms with Crippen LogP contribution in [0.1, 0.15) is 63.7 Å². The molecule has 0 aromatic heterocycles. The number of imide groups is 2. The summed E-state index contributed by atoms with van der Waals surface area (Å²) in [6.45, 7) is -0.477. The molecule has 2 heterocycles. The van der Waals surface area contributed by atoms with Gasteiger partial charge in [0.05, 0.1) is 22.3 Å². The fraction of sp³-hybridized carbons (Fsp3) is 0.0303. The first-order chi connectivity index (χ1) is 19.0. The first-order valence-corrected chi connectivity index (χ1v) is 12.1. The van der Waals surface area contributed by atoms with Crippen LogP contribution in [0.3, 0.4) is 0 Å². The predicted molar refractivity (Wildman–Crippen MR) is 144 cm³/mol. The van der Waals surface area contributed by atoms with E-state index < -0.39 is 30.3 Å². The summed E-state index contributed by atoms with van der Waals surface area (Å²) in [5.41, 5.74) is 3.59. The second kappa shape index (κ2) is 9.63. The van der Waals surface area contributed by atoms with E-state index >= 15 is 0 Å². The maximum atomic E-state index is 13.2. The van der Waals surface area contributed by atoms with Crippen LogP contribution in [0, 0.1) is 23.7 Å². The van der Waals surface area contributed by atoms with Gasteiger partial charge in [0.15, 0.2) is 0 Å². The van der Waals surface area contributed by atoms with Gasteiger partial charge in [0.25, 0.3) is 23.6 Å². The minimum Gasteiger partial charge on any atom is -0.269 e. The van der Waals surface area contributed by atoms with E-state index in [4.69, 9.17) is 0 Å². The number of nitrogens with zero attached hydrogens (tertiary/aromatic N) is 2. The number of benzene rings is 4. The molecule has 6 heteroatoms. The van der Waals surface area contributed by atoms with Gasteiger partial charge in [-0.25, -0.2) is 0 Å². The van der Waals surface area contributed by atoms with Gasteiger partial charge in [-0.3, -0.25) is 29.0 Å². The first kappa shape index (κ1) is 23.7. The van der Waals surface area contributed by atoms with Gasteiger partial charge < -0.3 is 0 Å². The Morgan fingerprint density at radius 1 is 0.410 bits per heavy atom. The maximum Gasteiger partial charge on any atom is 0.263 e. The summed E-state index contributed by atoms with van der Waals surface area (Å²) in [6.07, 6.45) is 0. The molecule has 0 saturated carbocycles. The van der Waals surface area contributed by atoms with Crippen molar-refractivity contribution in [2.75, 3.05) is 6.67 Å². The lowest BCUT2D eigenvalue weighted by Gasteiger charge is -2.20. The van der Waals surface area contributed by atoms with Crippen molar-refractivity contribution in [3.8, 4) is 23.7 Å². The van der Waals surface area contributed by atoms with Crippen molar-refractivity contribution in [3.63, 3.8) is 0 Å². The Morgan fingerprint density at radius 3 is 1.18 bits per heavy atom. The highest BCUT2D eigenvalue weighted by molar-refractivity contribution is 6.24. The average Bonchev–Trinajstić information content (AvgIpc) is 3.35. The number of rotatable bonds is 2. The van der Waals surface area contributed by atoms with Crippen LogP contribution in [0.25, 0.3) is 0 Å². The Balaban J connectivity index is 1.22. The van der Waals surface area contributed by atoms with Gasteiger partial charge in [0.1, 0.15) is 6.67 Å². The lowest BCUT2D eigenvalue weighted by molar-refractivity contribution is 0.0471. The molecule has 0 saturated heterocycles. The van der Waals surface area contributed by atoms with E-state index in [2.05, 4.69) is 23.7 Å². The topological polar surface area (TPSA) is 74.8 Å². The highest BCUT2D eigenvalue weighted by Gasteiger charge is 2.42. The molecule has 0 spiro atoms. The molecule has 4 aromatic carbocycles. The third kappa shape index (κ3) is 4.37. The van der Waals surface area contributed by atoms with E-state index in [1.54, 1.807) is 36.4 Å². The van der Waals surface area contributed by atoms with E-state index in [0.717, 1.165) is 20.9 Å². The SMILES string of the molecule is O=C1c2ccc(C#Cc3ccccc3)cc2C(=O)N1CN1C(=O)c2ccc(C#Cc3ccccc3)cc2C1=O. The molecule has 4 aromatic rings. The van der Waals surface area contributed by atoms with E-state index in [1.807, 2.05) is 60.7 Å². The second-order valence-electron chi connectivity index (χ2n) is 8.97. The van der Waals surface area contributed by atoms with E-state index in [0.29, 0.717) is 11.1 Å². The summed E-state index contributed by atoms with van der Waals surface area (Å²) in [5, 5.41) is 0. The zero-order valence-electron chi connectivity index (χ0n) is 20.5. The molecule has 39 heavy (non-hydrogen) atoms. The molecule has 0 radical (unpaired) electrons. The van der Waals surface area contributed by atoms with Gasteiger partial charge in [-0.2, -0.15) is 0 Å². The number of fused-ring (bicyclic) bond motifs is 2. The Hall–Kier alpha value is -5.72. The lowest BCUT2D eigenvalue weighted by Crippen LogP contribution is -2.43. The van der Waals surface area contributed by atoms with Crippen LogP contribution >= 0.6 is 0 Å². The van der Waals surface area contributed by atoms with Crippen LogP contribution in [0.15, 0.2) is 97.1 Å². The molecule has 0 aliphatic carbocycles. The minimum atomic E-state index is -0.579. The maximum absolute atomic E-state index is 13.2. The standard InChI is InChI=1S/C33H18N2O4/c36-30-26-17-15-24(13-11-22-7-3-1-4-8-22)19-28(26)32(38)34(30)21-35-31(37)27-18-16-25(20-29(27)33(35)39)14-12-23-9-5-2-6-10-23/h1-10,15-20H,21H2. The minimum absolute atomic E-state index is 0.190. The van der Waals surface area contributed by atoms with Crippen molar-refractivity contribution in [2.24, 2.45) is 0 Å². The van der Waals surface area contributed by atoms with Crippen LogP contribution in [0.2, 0.25) is 0 Å². The normalized spacial score (nSPS) is 13.4. The lowest BCUT2D eigenvalue weighted by atomic mass is 10.1. The van der Waals surface area contributed by atoms with Crippen LogP contribution in [-0.2, 0) is 0 Å². The van der Waals surface area contributed by atoms with Gasteiger partial charge in [-0.05, 0) is 60.7 Å². The van der Waals surface area contributed by atoms with E-state index in [-0.39, 0.29) is 22.3 Å². The number of carbonyl (C=O) groups is 4. The van der Waals surface area contributed by atoms with Crippen molar-refractivity contribution >= 4 is 23.6 Å². The predicted octanol–water partition coefficient (Wildman–Crippen LogP) is 4.34. The quantitative estimate of drug-likeness (QED) is 0.300. The molecule has 0 unspecified atom stereocenters. The summed E-state index contributed by atoms with van der Waals surface area (Å²) >= 11 is 0. The average molecular weight is 507 g/mol. The van der Waals surface area contributed by atoms with Crippen molar-refractivity contribution in [1.82, 2.24) is 9.80 Å². The molecule has 0 bridgehead atoms. The molecular weight excluding hydrogens is 488 g/mol. The number of hydrogen-bond acceptors (Lipinski definition) is 4. The number of amides is 4. The third-order valence-corrected chi connectivity index (χ3v) is 6.47. The molecule has 184 valence electrons. The Labute approximate surface area is 224 Å². The monoisotopic (exact) mass is 506 g/mol. The molecule has 2 aliphatic heterocycles. The van der Waals surface area contributed by atoms with Crippen molar-refractivity contribution in [2.45, 2.75) is 0 Å². The second-order valence-corrected chi connectivity index (χ2v) is 8.97. The summed E-state index contributed by atoms with van der Waals surface area (Å²) < 4.78 is 0. The summed E-state index contributed by atoms with van der Waals surface area (Å²) in [7, 11) is 0.